The molecule has 1 saturated heterocycles. The number of aliphatic imine (C=N–C) groups is 1. The maximum absolute atomic E-state index is 4.62. The van der Waals surface area contributed by atoms with Crippen molar-refractivity contribution in [2.24, 2.45) is 10.9 Å². The molecule has 5 heteroatoms. The Morgan fingerprint density at radius 3 is 3.00 bits per heavy atom. The summed E-state index contributed by atoms with van der Waals surface area (Å²) < 4.78 is 0. The largest absolute Gasteiger partial charge is 0.357 e. The van der Waals surface area contributed by atoms with Crippen molar-refractivity contribution in [3.8, 4) is 0 Å². The predicted molar refractivity (Wildman–Crippen MR) is 91.9 cm³/mol. The topological polar surface area (TPSA) is 52.5 Å². The van der Waals surface area contributed by atoms with Gasteiger partial charge in [-0.3, -0.25) is 4.98 Å². The van der Waals surface area contributed by atoms with Crippen molar-refractivity contribution in [3.05, 3.63) is 30.1 Å². The normalized spacial score (nSPS) is 19.4. The third-order valence-electron chi connectivity index (χ3n) is 3.94. The molecular weight excluding hydrogens is 274 g/mol. The van der Waals surface area contributed by atoms with E-state index in [4.69, 9.17) is 0 Å². The fraction of sp³-hybridized carbons (Fsp3) is 0.647. The van der Waals surface area contributed by atoms with Crippen LogP contribution in [0.3, 0.4) is 0 Å². The average molecular weight is 303 g/mol. The van der Waals surface area contributed by atoms with E-state index < -0.39 is 0 Å². The van der Waals surface area contributed by atoms with Crippen LogP contribution in [0.25, 0.3) is 0 Å². The quantitative estimate of drug-likeness (QED) is 0.596. The van der Waals surface area contributed by atoms with Gasteiger partial charge in [-0.1, -0.05) is 13.0 Å². The molecule has 0 radical (unpaired) electrons. The van der Waals surface area contributed by atoms with E-state index in [1.807, 2.05) is 24.4 Å². The molecule has 1 aromatic rings. The molecule has 2 N–H and O–H groups in total. The highest BCUT2D eigenvalue weighted by atomic mass is 15.2. The van der Waals surface area contributed by atoms with Gasteiger partial charge < -0.3 is 15.5 Å². The number of pyridine rings is 1. The van der Waals surface area contributed by atoms with Crippen LogP contribution in [0.1, 0.15) is 32.4 Å². The molecule has 2 rings (SSSR count). The second kappa shape index (κ2) is 9.41. The molecule has 1 fully saturated rings. The number of hydrogen-bond acceptors (Lipinski definition) is 3. The van der Waals surface area contributed by atoms with E-state index >= 15 is 0 Å². The lowest BCUT2D eigenvalue weighted by Crippen LogP contribution is -2.40. The summed E-state index contributed by atoms with van der Waals surface area (Å²) in [6.07, 6.45) is 4.34. The number of aromatic nitrogens is 1. The molecule has 2 heterocycles. The van der Waals surface area contributed by atoms with Crippen LogP contribution < -0.4 is 10.6 Å². The Bertz CT molecular complexity index is 446. The summed E-state index contributed by atoms with van der Waals surface area (Å²) in [5.74, 6) is 1.62. The van der Waals surface area contributed by atoms with E-state index in [1.54, 1.807) is 0 Å². The van der Waals surface area contributed by atoms with Gasteiger partial charge in [-0.15, -0.1) is 0 Å². The van der Waals surface area contributed by atoms with E-state index in [2.05, 4.69) is 39.4 Å². The fourth-order valence-electron chi connectivity index (χ4n) is 2.83. The van der Waals surface area contributed by atoms with Crippen molar-refractivity contribution in [2.75, 3.05) is 32.7 Å². The molecule has 1 aromatic heterocycles. The zero-order chi connectivity index (χ0) is 15.6. The van der Waals surface area contributed by atoms with Gasteiger partial charge in [0.25, 0.3) is 0 Å². The van der Waals surface area contributed by atoms with Crippen LogP contribution in [-0.4, -0.2) is 48.6 Å². The van der Waals surface area contributed by atoms with Gasteiger partial charge in [-0.05, 0) is 50.9 Å². The van der Waals surface area contributed by atoms with E-state index in [9.17, 15) is 0 Å². The van der Waals surface area contributed by atoms with Gasteiger partial charge in [0.2, 0.25) is 0 Å². The fourth-order valence-corrected chi connectivity index (χ4v) is 2.83. The highest BCUT2D eigenvalue weighted by molar-refractivity contribution is 5.79. The second-order valence-corrected chi connectivity index (χ2v) is 5.85. The number of nitrogens with zero attached hydrogens (tertiary/aromatic N) is 3. The number of hydrogen-bond donors (Lipinski definition) is 2. The summed E-state index contributed by atoms with van der Waals surface area (Å²) in [6, 6.07) is 5.94. The lowest BCUT2D eigenvalue weighted by atomic mass is 10.1. The molecule has 0 aliphatic carbocycles. The lowest BCUT2D eigenvalue weighted by Gasteiger charge is -2.16. The SMILES string of the molecule is CCCN1CCC(CNC(=NCc2ccccn2)NCC)C1. The molecule has 1 aliphatic heterocycles. The monoisotopic (exact) mass is 303 g/mol. The van der Waals surface area contributed by atoms with Crippen LogP contribution in [0.5, 0.6) is 0 Å². The van der Waals surface area contributed by atoms with Gasteiger partial charge in [0, 0.05) is 25.8 Å². The summed E-state index contributed by atoms with van der Waals surface area (Å²) in [5.41, 5.74) is 0.995. The molecule has 0 saturated carbocycles. The van der Waals surface area contributed by atoms with E-state index in [0.29, 0.717) is 6.54 Å². The van der Waals surface area contributed by atoms with Crippen molar-refractivity contribution in [3.63, 3.8) is 0 Å². The van der Waals surface area contributed by atoms with Crippen LogP contribution in [0.2, 0.25) is 0 Å². The Kier molecular flexibility index (Phi) is 7.16. The summed E-state index contributed by atoms with van der Waals surface area (Å²) >= 11 is 0. The van der Waals surface area contributed by atoms with Gasteiger partial charge in [-0.2, -0.15) is 0 Å². The first-order valence-electron chi connectivity index (χ1n) is 8.46. The van der Waals surface area contributed by atoms with Gasteiger partial charge >= 0.3 is 0 Å². The molecule has 1 unspecified atom stereocenters. The molecule has 5 nitrogen and oxygen atoms in total. The van der Waals surface area contributed by atoms with Crippen LogP contribution in [-0.2, 0) is 6.54 Å². The molecule has 122 valence electrons. The van der Waals surface area contributed by atoms with Crippen LogP contribution in [0, 0.1) is 5.92 Å². The third kappa shape index (κ3) is 5.64. The molecule has 22 heavy (non-hydrogen) atoms. The molecule has 0 amide bonds. The maximum Gasteiger partial charge on any atom is 0.191 e. The molecule has 0 bridgehead atoms. The van der Waals surface area contributed by atoms with Crippen LogP contribution >= 0.6 is 0 Å². The second-order valence-electron chi connectivity index (χ2n) is 5.85. The Morgan fingerprint density at radius 2 is 2.27 bits per heavy atom. The molecule has 1 atom stereocenters. The Balaban J connectivity index is 1.79. The minimum atomic E-state index is 0.614. The van der Waals surface area contributed by atoms with Crippen molar-refractivity contribution in [1.29, 1.82) is 0 Å². The molecule has 1 aliphatic rings. The molecular formula is C17H29N5. The van der Waals surface area contributed by atoms with E-state index in [1.165, 1.54) is 32.5 Å². The van der Waals surface area contributed by atoms with E-state index in [-0.39, 0.29) is 0 Å². The standard InChI is InChI=1S/C17H29N5/c1-3-10-22-11-8-15(14-22)12-20-17(18-4-2)21-13-16-7-5-6-9-19-16/h5-7,9,15H,3-4,8,10-14H2,1-2H3,(H2,18,20,21). The zero-order valence-corrected chi connectivity index (χ0v) is 13.9. The van der Waals surface area contributed by atoms with Crippen LogP contribution in [0.15, 0.2) is 29.4 Å². The van der Waals surface area contributed by atoms with Crippen molar-refractivity contribution < 1.29 is 0 Å². The number of likely N-dealkylation sites (tertiary alicyclic amines) is 1. The Labute approximate surface area is 134 Å². The van der Waals surface area contributed by atoms with Crippen molar-refractivity contribution in [2.45, 2.75) is 33.2 Å². The van der Waals surface area contributed by atoms with E-state index in [0.717, 1.165) is 30.7 Å². The highest BCUT2D eigenvalue weighted by Gasteiger charge is 2.21. The lowest BCUT2D eigenvalue weighted by molar-refractivity contribution is 0.324. The first-order valence-corrected chi connectivity index (χ1v) is 8.46. The van der Waals surface area contributed by atoms with Crippen LogP contribution in [0.4, 0.5) is 0 Å². The number of rotatable bonds is 7. The average Bonchev–Trinajstić information content (AvgIpc) is 2.99. The predicted octanol–water partition coefficient (Wildman–Crippen LogP) is 1.87. The smallest absolute Gasteiger partial charge is 0.191 e. The maximum atomic E-state index is 4.62. The summed E-state index contributed by atoms with van der Waals surface area (Å²) in [5, 5.41) is 6.79. The Morgan fingerprint density at radius 1 is 1.36 bits per heavy atom. The molecule has 0 spiro atoms. The van der Waals surface area contributed by atoms with Gasteiger partial charge in [0.15, 0.2) is 5.96 Å². The van der Waals surface area contributed by atoms with Crippen molar-refractivity contribution in [1.82, 2.24) is 20.5 Å². The minimum Gasteiger partial charge on any atom is -0.357 e. The Hall–Kier alpha value is -1.62. The van der Waals surface area contributed by atoms with Gasteiger partial charge in [0.1, 0.15) is 0 Å². The minimum absolute atomic E-state index is 0.614. The third-order valence-corrected chi connectivity index (χ3v) is 3.94. The van der Waals surface area contributed by atoms with Gasteiger partial charge in [0.05, 0.1) is 12.2 Å². The number of nitrogens with one attached hydrogen (secondary N) is 2. The summed E-state index contributed by atoms with van der Waals surface area (Å²) in [4.78, 5) is 11.5. The highest BCUT2D eigenvalue weighted by Crippen LogP contribution is 2.15. The zero-order valence-electron chi connectivity index (χ0n) is 13.9. The summed E-state index contributed by atoms with van der Waals surface area (Å²) in [6.45, 7) is 10.5. The first kappa shape index (κ1) is 16.7. The van der Waals surface area contributed by atoms with Gasteiger partial charge in [-0.25, -0.2) is 4.99 Å². The number of guanidine groups is 1. The van der Waals surface area contributed by atoms with Crippen molar-refractivity contribution >= 4 is 5.96 Å². The first-order chi connectivity index (χ1) is 10.8. The molecule has 0 aromatic carbocycles. The summed E-state index contributed by atoms with van der Waals surface area (Å²) in [7, 11) is 0.